The number of pyridine rings is 1. The van der Waals surface area contributed by atoms with Crippen molar-refractivity contribution in [2.75, 3.05) is 5.32 Å². The van der Waals surface area contributed by atoms with Gasteiger partial charge in [-0.05, 0) is 37.5 Å². The normalized spacial score (nSPS) is 14.9. The Bertz CT molecular complexity index is 1070. The second-order valence-corrected chi connectivity index (χ2v) is 7.82. The standard InChI is InChI=1S/C24H26N2O2/c1-16-12-14-17(15-13-16)21-22(27)19-10-6-7-11-20(19)26(2)23(21)25-24(28)18-8-4-3-5-9-18/h6-7,10-15,18H,3-5,8-9H2,1-2H3,(H,25,28). The molecule has 4 heteroatoms. The number of amides is 1. The maximum absolute atomic E-state index is 13.4. The molecule has 2 aromatic carbocycles. The molecule has 1 amide bonds. The largest absolute Gasteiger partial charge is 0.330 e. The Hall–Kier alpha value is -2.88. The Kier molecular flexibility index (Phi) is 5.03. The van der Waals surface area contributed by atoms with E-state index in [9.17, 15) is 9.59 Å². The first kappa shape index (κ1) is 18.5. The predicted octanol–water partition coefficient (Wildman–Crippen LogP) is 5.03. The summed E-state index contributed by atoms with van der Waals surface area (Å²) >= 11 is 0. The Labute approximate surface area is 165 Å². The van der Waals surface area contributed by atoms with Crippen molar-refractivity contribution in [3.63, 3.8) is 0 Å². The van der Waals surface area contributed by atoms with Gasteiger partial charge < -0.3 is 9.88 Å². The van der Waals surface area contributed by atoms with Crippen LogP contribution in [0.1, 0.15) is 37.7 Å². The predicted molar refractivity (Wildman–Crippen MR) is 115 cm³/mol. The summed E-state index contributed by atoms with van der Waals surface area (Å²) in [5.74, 6) is 0.641. The summed E-state index contributed by atoms with van der Waals surface area (Å²) < 4.78 is 1.94. The van der Waals surface area contributed by atoms with Crippen molar-refractivity contribution >= 4 is 22.6 Å². The number of aryl methyl sites for hydroxylation is 2. The molecule has 1 heterocycles. The monoisotopic (exact) mass is 374 g/mol. The molecule has 1 N–H and O–H groups in total. The van der Waals surface area contributed by atoms with Crippen molar-refractivity contribution in [1.29, 1.82) is 0 Å². The lowest BCUT2D eigenvalue weighted by atomic mass is 9.88. The second kappa shape index (κ2) is 7.63. The zero-order chi connectivity index (χ0) is 19.7. The minimum atomic E-state index is -0.0449. The number of hydrogen-bond donors (Lipinski definition) is 1. The fraction of sp³-hybridized carbons (Fsp3) is 0.333. The molecule has 0 aliphatic heterocycles. The van der Waals surface area contributed by atoms with Crippen molar-refractivity contribution in [2.45, 2.75) is 39.0 Å². The molecule has 0 saturated heterocycles. The summed E-state index contributed by atoms with van der Waals surface area (Å²) in [5.41, 5.74) is 3.30. The van der Waals surface area contributed by atoms with E-state index in [1.165, 1.54) is 6.42 Å². The van der Waals surface area contributed by atoms with Crippen LogP contribution in [0, 0.1) is 12.8 Å². The van der Waals surface area contributed by atoms with Gasteiger partial charge in [-0.1, -0.05) is 61.2 Å². The van der Waals surface area contributed by atoms with Crippen molar-refractivity contribution in [3.8, 4) is 11.1 Å². The van der Waals surface area contributed by atoms with Gasteiger partial charge in [0.1, 0.15) is 5.82 Å². The van der Waals surface area contributed by atoms with Crippen molar-refractivity contribution < 1.29 is 4.79 Å². The van der Waals surface area contributed by atoms with Gasteiger partial charge in [0.05, 0.1) is 11.1 Å². The summed E-state index contributed by atoms with van der Waals surface area (Å²) in [7, 11) is 1.91. The highest BCUT2D eigenvalue weighted by Crippen LogP contribution is 2.30. The van der Waals surface area contributed by atoms with E-state index in [1.807, 2.05) is 67.1 Å². The molecule has 1 aliphatic rings. The molecule has 0 bridgehead atoms. The summed E-state index contributed by atoms with van der Waals surface area (Å²) in [4.78, 5) is 26.4. The summed E-state index contributed by atoms with van der Waals surface area (Å²) in [6, 6.07) is 15.5. The van der Waals surface area contributed by atoms with E-state index in [2.05, 4.69) is 5.32 Å². The van der Waals surface area contributed by atoms with Crippen molar-refractivity contribution in [1.82, 2.24) is 4.57 Å². The lowest BCUT2D eigenvalue weighted by Gasteiger charge is -2.23. The van der Waals surface area contributed by atoms with Gasteiger partial charge in [-0.15, -0.1) is 0 Å². The number of nitrogens with one attached hydrogen (secondary N) is 1. The molecule has 1 fully saturated rings. The summed E-state index contributed by atoms with van der Waals surface area (Å²) in [5, 5.41) is 3.78. The Morgan fingerprint density at radius 1 is 1.00 bits per heavy atom. The van der Waals surface area contributed by atoms with Crippen LogP contribution in [-0.2, 0) is 11.8 Å². The lowest BCUT2D eigenvalue weighted by Crippen LogP contribution is -2.28. The van der Waals surface area contributed by atoms with E-state index in [-0.39, 0.29) is 17.3 Å². The number of nitrogens with zero attached hydrogens (tertiary/aromatic N) is 1. The van der Waals surface area contributed by atoms with Gasteiger partial charge in [-0.3, -0.25) is 9.59 Å². The lowest BCUT2D eigenvalue weighted by molar-refractivity contribution is -0.120. The average Bonchev–Trinajstić information content (AvgIpc) is 2.73. The number of carbonyl (C=O) groups is 1. The van der Waals surface area contributed by atoms with Crippen LogP contribution in [0.2, 0.25) is 0 Å². The van der Waals surface area contributed by atoms with E-state index in [0.29, 0.717) is 16.8 Å². The highest BCUT2D eigenvalue weighted by molar-refractivity contribution is 5.99. The molecular weight excluding hydrogens is 348 g/mol. The van der Waals surface area contributed by atoms with Gasteiger partial charge in [0.15, 0.2) is 5.43 Å². The van der Waals surface area contributed by atoms with Gasteiger partial charge in [0, 0.05) is 18.4 Å². The number of fused-ring (bicyclic) bond motifs is 1. The van der Waals surface area contributed by atoms with E-state index in [4.69, 9.17) is 0 Å². The van der Waals surface area contributed by atoms with E-state index in [0.717, 1.165) is 42.3 Å². The maximum Gasteiger partial charge on any atom is 0.228 e. The van der Waals surface area contributed by atoms with Gasteiger partial charge in [0.25, 0.3) is 0 Å². The minimum Gasteiger partial charge on any atom is -0.330 e. The Balaban J connectivity index is 1.88. The quantitative estimate of drug-likeness (QED) is 0.699. The van der Waals surface area contributed by atoms with E-state index < -0.39 is 0 Å². The summed E-state index contributed by atoms with van der Waals surface area (Å²) in [6.45, 7) is 2.02. The average molecular weight is 374 g/mol. The van der Waals surface area contributed by atoms with Crippen molar-refractivity contribution in [2.24, 2.45) is 13.0 Å². The number of rotatable bonds is 3. The molecule has 4 rings (SSSR count). The fourth-order valence-electron chi connectivity index (χ4n) is 4.21. The topological polar surface area (TPSA) is 51.1 Å². The minimum absolute atomic E-state index is 0.0262. The number of carbonyl (C=O) groups excluding carboxylic acids is 1. The van der Waals surface area contributed by atoms with Gasteiger partial charge >= 0.3 is 0 Å². The second-order valence-electron chi connectivity index (χ2n) is 7.82. The third kappa shape index (κ3) is 3.35. The highest BCUT2D eigenvalue weighted by Gasteiger charge is 2.24. The fourth-order valence-corrected chi connectivity index (χ4v) is 4.21. The van der Waals surface area contributed by atoms with E-state index >= 15 is 0 Å². The molecule has 0 unspecified atom stereocenters. The molecule has 0 spiro atoms. The Morgan fingerprint density at radius 3 is 2.39 bits per heavy atom. The van der Waals surface area contributed by atoms with E-state index in [1.54, 1.807) is 0 Å². The number of hydrogen-bond acceptors (Lipinski definition) is 2. The summed E-state index contributed by atoms with van der Waals surface area (Å²) in [6.07, 6.45) is 5.24. The molecular formula is C24H26N2O2. The highest BCUT2D eigenvalue weighted by atomic mass is 16.2. The number of para-hydroxylation sites is 1. The van der Waals surface area contributed by atoms with Crippen LogP contribution in [0.4, 0.5) is 5.82 Å². The number of aromatic nitrogens is 1. The van der Waals surface area contributed by atoms with Crippen LogP contribution in [0.5, 0.6) is 0 Å². The first-order valence-electron chi connectivity index (χ1n) is 10.1. The molecule has 1 saturated carbocycles. The van der Waals surface area contributed by atoms with Gasteiger partial charge in [-0.25, -0.2) is 0 Å². The number of anilines is 1. The van der Waals surface area contributed by atoms with Crippen molar-refractivity contribution in [3.05, 3.63) is 64.3 Å². The molecule has 4 nitrogen and oxygen atoms in total. The molecule has 1 aliphatic carbocycles. The zero-order valence-electron chi connectivity index (χ0n) is 16.5. The molecule has 0 atom stereocenters. The first-order valence-corrected chi connectivity index (χ1v) is 10.1. The van der Waals surface area contributed by atoms with Crippen LogP contribution in [0.3, 0.4) is 0 Å². The molecule has 3 aromatic rings. The van der Waals surface area contributed by atoms with Crippen LogP contribution >= 0.6 is 0 Å². The molecule has 144 valence electrons. The SMILES string of the molecule is Cc1ccc(-c2c(NC(=O)C3CCCCC3)n(C)c3ccccc3c2=O)cc1. The maximum atomic E-state index is 13.4. The molecule has 0 radical (unpaired) electrons. The third-order valence-corrected chi connectivity index (χ3v) is 5.87. The zero-order valence-corrected chi connectivity index (χ0v) is 16.5. The van der Waals surface area contributed by atoms with Crippen LogP contribution in [0.15, 0.2) is 53.3 Å². The van der Waals surface area contributed by atoms with Gasteiger partial charge in [-0.2, -0.15) is 0 Å². The molecule has 28 heavy (non-hydrogen) atoms. The van der Waals surface area contributed by atoms with Crippen LogP contribution in [-0.4, -0.2) is 10.5 Å². The smallest absolute Gasteiger partial charge is 0.228 e. The van der Waals surface area contributed by atoms with Gasteiger partial charge in [0.2, 0.25) is 5.91 Å². The molecule has 1 aromatic heterocycles. The Morgan fingerprint density at radius 2 is 1.68 bits per heavy atom. The number of benzene rings is 2. The first-order chi connectivity index (χ1) is 13.6. The third-order valence-electron chi connectivity index (χ3n) is 5.87. The van der Waals surface area contributed by atoms with Crippen LogP contribution in [0.25, 0.3) is 22.0 Å². The van der Waals surface area contributed by atoms with Crippen LogP contribution < -0.4 is 10.7 Å².